The van der Waals surface area contributed by atoms with E-state index in [2.05, 4.69) is 50.5 Å². The van der Waals surface area contributed by atoms with E-state index in [9.17, 15) is 0 Å². The first-order valence-electron chi connectivity index (χ1n) is 10.2. The zero-order valence-corrected chi connectivity index (χ0v) is 18.1. The first-order valence-corrected chi connectivity index (χ1v) is 17.4. The highest BCUT2D eigenvalue weighted by Crippen LogP contribution is 2.53. The fourth-order valence-electron chi connectivity index (χ4n) is 5.81. The van der Waals surface area contributed by atoms with Gasteiger partial charge in [0.25, 0.3) is 0 Å². The summed E-state index contributed by atoms with van der Waals surface area (Å²) in [6, 6.07) is 0. The third kappa shape index (κ3) is 2.44. The molecule has 0 bridgehead atoms. The highest BCUT2D eigenvalue weighted by Gasteiger charge is 2.52. The molecule has 0 nitrogen and oxygen atoms in total. The minimum Gasteiger partial charge on any atom is -0.0801 e. The second-order valence-electron chi connectivity index (χ2n) is 9.63. The van der Waals surface area contributed by atoms with Crippen LogP contribution in [0.4, 0.5) is 0 Å². The molecular formula is C22H34Si2. The summed E-state index contributed by atoms with van der Waals surface area (Å²) < 4.78 is 0. The van der Waals surface area contributed by atoms with E-state index >= 15 is 0 Å². The first-order chi connectivity index (χ1) is 11.4. The van der Waals surface area contributed by atoms with E-state index in [0.717, 1.165) is 11.1 Å². The van der Waals surface area contributed by atoms with E-state index in [0.29, 0.717) is 0 Å². The normalized spacial score (nSPS) is 30.2. The van der Waals surface area contributed by atoms with Crippen molar-refractivity contribution in [3.63, 3.8) is 0 Å². The molecule has 0 saturated carbocycles. The van der Waals surface area contributed by atoms with Crippen LogP contribution in [0.1, 0.15) is 51.4 Å². The van der Waals surface area contributed by atoms with Gasteiger partial charge in [0.1, 0.15) is 0 Å². The van der Waals surface area contributed by atoms with Gasteiger partial charge in [-0.15, -0.1) is 0 Å². The molecule has 0 heterocycles. The highest BCUT2D eigenvalue weighted by atomic mass is 29.3. The van der Waals surface area contributed by atoms with Gasteiger partial charge >= 0.3 is 0 Å². The molecule has 0 aliphatic heterocycles. The number of allylic oxidation sites excluding steroid dienone is 8. The van der Waals surface area contributed by atoms with Crippen molar-refractivity contribution in [2.24, 2.45) is 0 Å². The molecule has 0 aromatic rings. The van der Waals surface area contributed by atoms with Gasteiger partial charge in [-0.05, 0) is 73.6 Å². The Kier molecular flexibility index (Phi) is 4.20. The van der Waals surface area contributed by atoms with E-state index in [-0.39, 0.29) is 0 Å². The van der Waals surface area contributed by atoms with Gasteiger partial charge in [-0.2, -0.15) is 0 Å². The molecule has 0 N–H and O–H groups in total. The SMILES string of the molecule is C[Si](C)(C1C=CC2=C1CCCC2)[Si](C)(C)C1C=CC2=C1CCCC2. The van der Waals surface area contributed by atoms with Crippen LogP contribution in [-0.4, -0.2) is 15.2 Å². The van der Waals surface area contributed by atoms with Crippen LogP contribution in [0.2, 0.25) is 37.3 Å². The Morgan fingerprint density at radius 1 is 0.625 bits per heavy atom. The fourth-order valence-corrected chi connectivity index (χ4v) is 17.4. The summed E-state index contributed by atoms with van der Waals surface area (Å²) in [6.07, 6.45) is 21.5. The minimum atomic E-state index is -1.34. The summed E-state index contributed by atoms with van der Waals surface area (Å²) in [5.74, 6) is 0. The lowest BCUT2D eigenvalue weighted by atomic mass is 9.93. The summed E-state index contributed by atoms with van der Waals surface area (Å²) in [5, 5.41) is 0. The van der Waals surface area contributed by atoms with Gasteiger partial charge in [-0.1, -0.05) is 61.6 Å². The lowest BCUT2D eigenvalue weighted by Crippen LogP contribution is -2.60. The summed E-state index contributed by atoms with van der Waals surface area (Å²) in [4.78, 5) is 0. The van der Waals surface area contributed by atoms with Gasteiger partial charge in [0.2, 0.25) is 0 Å². The molecule has 4 aliphatic rings. The van der Waals surface area contributed by atoms with Gasteiger partial charge in [0.15, 0.2) is 0 Å². The van der Waals surface area contributed by atoms with Crippen molar-refractivity contribution < 1.29 is 0 Å². The van der Waals surface area contributed by atoms with Crippen LogP contribution < -0.4 is 0 Å². The van der Waals surface area contributed by atoms with Crippen LogP contribution >= 0.6 is 0 Å². The van der Waals surface area contributed by atoms with E-state index < -0.39 is 15.2 Å². The summed E-state index contributed by atoms with van der Waals surface area (Å²) >= 11 is 0. The molecule has 0 saturated heterocycles. The maximum Gasteiger partial charge on any atom is 0.0543 e. The molecule has 2 heteroatoms. The van der Waals surface area contributed by atoms with E-state index in [4.69, 9.17) is 0 Å². The predicted molar refractivity (Wildman–Crippen MR) is 112 cm³/mol. The van der Waals surface area contributed by atoms with Crippen molar-refractivity contribution in [1.29, 1.82) is 0 Å². The zero-order valence-electron chi connectivity index (χ0n) is 16.1. The monoisotopic (exact) mass is 354 g/mol. The second-order valence-corrected chi connectivity index (χ2v) is 25.5. The Bertz CT molecular complexity index is 599. The van der Waals surface area contributed by atoms with Gasteiger partial charge in [0, 0.05) is 0 Å². The molecular weight excluding hydrogens is 320 g/mol. The summed E-state index contributed by atoms with van der Waals surface area (Å²) in [5.41, 5.74) is 8.90. The van der Waals surface area contributed by atoms with Crippen molar-refractivity contribution in [2.75, 3.05) is 0 Å². The average Bonchev–Trinajstić information content (AvgIpc) is 3.19. The maximum atomic E-state index is 2.74. The summed E-state index contributed by atoms with van der Waals surface area (Å²) in [7, 11) is -2.68. The molecule has 2 atom stereocenters. The van der Waals surface area contributed by atoms with E-state index in [1.54, 1.807) is 11.1 Å². The molecule has 0 radical (unpaired) electrons. The maximum absolute atomic E-state index is 2.74. The van der Waals surface area contributed by atoms with Gasteiger partial charge in [0.05, 0.1) is 15.2 Å². The molecule has 4 aliphatic carbocycles. The van der Waals surface area contributed by atoms with Crippen LogP contribution in [0.5, 0.6) is 0 Å². The van der Waals surface area contributed by atoms with Crippen molar-refractivity contribution in [3.8, 4) is 0 Å². The standard InChI is InChI=1S/C22H34Si2/c1-23(2,21-15-13-17-9-5-7-11-19(17)21)24(3,4)22-16-14-18-10-6-8-12-20(18)22/h13-16,21-22H,5-12H2,1-4H3. The lowest BCUT2D eigenvalue weighted by molar-refractivity contribution is 0.676. The molecule has 0 aromatic heterocycles. The first kappa shape index (κ1) is 16.8. The quantitative estimate of drug-likeness (QED) is 0.474. The van der Waals surface area contributed by atoms with Gasteiger partial charge in [-0.25, -0.2) is 0 Å². The molecule has 0 aromatic carbocycles. The molecule has 0 amide bonds. The van der Waals surface area contributed by atoms with Gasteiger partial charge in [-0.3, -0.25) is 0 Å². The Labute approximate surface area is 150 Å². The molecule has 130 valence electrons. The second kappa shape index (κ2) is 5.98. The van der Waals surface area contributed by atoms with Crippen molar-refractivity contribution in [2.45, 2.75) is 88.6 Å². The minimum absolute atomic E-state index is 0.844. The summed E-state index contributed by atoms with van der Waals surface area (Å²) in [6.45, 7) is 11.0. The number of rotatable bonds is 3. The number of hydrogen-bond donors (Lipinski definition) is 0. The van der Waals surface area contributed by atoms with Gasteiger partial charge < -0.3 is 0 Å². The number of hydrogen-bond acceptors (Lipinski definition) is 0. The van der Waals surface area contributed by atoms with Crippen LogP contribution in [0.15, 0.2) is 46.6 Å². The Morgan fingerprint density at radius 3 is 1.42 bits per heavy atom. The average molecular weight is 355 g/mol. The Hall–Kier alpha value is -0.606. The lowest BCUT2D eigenvalue weighted by Gasteiger charge is -2.48. The van der Waals surface area contributed by atoms with Crippen LogP contribution in [0, 0.1) is 0 Å². The molecule has 0 fully saturated rings. The highest BCUT2D eigenvalue weighted by molar-refractivity contribution is 7.42. The smallest absolute Gasteiger partial charge is 0.0543 e. The fraction of sp³-hybridized carbons (Fsp3) is 0.636. The third-order valence-corrected chi connectivity index (χ3v) is 27.4. The van der Waals surface area contributed by atoms with E-state index in [1.165, 1.54) is 51.4 Å². The van der Waals surface area contributed by atoms with Crippen molar-refractivity contribution >= 4 is 15.2 Å². The van der Waals surface area contributed by atoms with Crippen LogP contribution in [-0.2, 0) is 0 Å². The molecule has 24 heavy (non-hydrogen) atoms. The topological polar surface area (TPSA) is 0 Å². The zero-order chi connectivity index (χ0) is 16.9. The van der Waals surface area contributed by atoms with Crippen LogP contribution in [0.3, 0.4) is 0 Å². The largest absolute Gasteiger partial charge is 0.0801 e. The predicted octanol–water partition coefficient (Wildman–Crippen LogP) is 7.10. The van der Waals surface area contributed by atoms with Crippen molar-refractivity contribution in [1.82, 2.24) is 0 Å². The molecule has 4 rings (SSSR count). The Balaban J connectivity index is 1.66. The Morgan fingerprint density at radius 2 is 1.00 bits per heavy atom. The molecule has 0 spiro atoms. The van der Waals surface area contributed by atoms with Crippen molar-refractivity contribution in [3.05, 3.63) is 46.6 Å². The van der Waals surface area contributed by atoms with Crippen LogP contribution in [0.25, 0.3) is 0 Å². The molecule has 2 unspecified atom stereocenters. The third-order valence-electron chi connectivity index (χ3n) is 8.06. The van der Waals surface area contributed by atoms with E-state index in [1.807, 2.05) is 11.1 Å².